The van der Waals surface area contributed by atoms with Gasteiger partial charge in [-0.2, -0.15) is 0 Å². The average Bonchev–Trinajstić information content (AvgIpc) is 2.68. The highest BCUT2D eigenvalue weighted by molar-refractivity contribution is 9.10. The molecule has 2 aliphatic carbocycles. The molecule has 2 aromatic carbocycles. The number of rotatable bonds is 2. The van der Waals surface area contributed by atoms with Gasteiger partial charge >= 0.3 is 0 Å². The van der Waals surface area contributed by atoms with E-state index in [9.17, 15) is 4.79 Å². The number of hydrogen-bond donors (Lipinski definition) is 1. The molecule has 5 heteroatoms. The van der Waals surface area contributed by atoms with E-state index in [1.807, 2.05) is 30.3 Å². The Balaban J connectivity index is 1.77. The van der Waals surface area contributed by atoms with Crippen molar-refractivity contribution in [3.8, 4) is 11.3 Å². The maximum absolute atomic E-state index is 13.4. The molecule has 0 radical (unpaired) electrons. The standard InChI is InChI=1S/C21H18BrN3O/c22-15-10-16(25-12-6-2-1-3-7-12)17-18-19(23-11-24-20(15)18)13-8-4-5-9-14(13)21(17)26/h4-5,8-12,25H,1-3,6-7H2. The summed E-state index contributed by atoms with van der Waals surface area (Å²) in [5.41, 5.74) is 4.85. The van der Waals surface area contributed by atoms with Gasteiger partial charge in [0, 0.05) is 32.7 Å². The number of benzene rings is 2. The van der Waals surface area contributed by atoms with Gasteiger partial charge in [-0.25, -0.2) is 9.97 Å². The zero-order valence-corrected chi connectivity index (χ0v) is 15.8. The summed E-state index contributed by atoms with van der Waals surface area (Å²) in [5.74, 6) is 0.0544. The number of carbonyl (C=O) groups is 1. The van der Waals surface area contributed by atoms with E-state index in [0.29, 0.717) is 17.2 Å². The normalized spacial score (nSPS) is 16.6. The molecule has 0 unspecified atom stereocenters. The molecule has 0 aliphatic heterocycles. The lowest BCUT2D eigenvalue weighted by atomic mass is 9.85. The van der Waals surface area contributed by atoms with Crippen molar-refractivity contribution in [2.75, 3.05) is 5.32 Å². The Morgan fingerprint density at radius 1 is 1.04 bits per heavy atom. The van der Waals surface area contributed by atoms with Crippen molar-refractivity contribution in [2.24, 2.45) is 0 Å². The van der Waals surface area contributed by atoms with Crippen LogP contribution in [-0.2, 0) is 0 Å². The van der Waals surface area contributed by atoms with Crippen LogP contribution in [0, 0.1) is 0 Å². The third-order valence-electron chi connectivity index (χ3n) is 5.48. The van der Waals surface area contributed by atoms with Gasteiger partial charge in [0.25, 0.3) is 0 Å². The lowest BCUT2D eigenvalue weighted by molar-refractivity contribution is 0.104. The summed E-state index contributed by atoms with van der Waals surface area (Å²) in [6.45, 7) is 0. The number of aromatic nitrogens is 2. The van der Waals surface area contributed by atoms with Crippen molar-refractivity contribution in [3.63, 3.8) is 0 Å². The molecular formula is C21H18BrN3O. The van der Waals surface area contributed by atoms with E-state index >= 15 is 0 Å². The first-order valence-corrected chi connectivity index (χ1v) is 9.91. The molecular weight excluding hydrogens is 390 g/mol. The van der Waals surface area contributed by atoms with Gasteiger partial charge in [-0.15, -0.1) is 0 Å². The molecule has 1 fully saturated rings. The quantitative estimate of drug-likeness (QED) is 0.486. The molecule has 0 bridgehead atoms. The van der Waals surface area contributed by atoms with Crippen molar-refractivity contribution >= 4 is 38.3 Å². The largest absolute Gasteiger partial charge is 0.382 e. The van der Waals surface area contributed by atoms with Gasteiger partial charge in [0.1, 0.15) is 6.33 Å². The molecule has 0 saturated heterocycles. The Morgan fingerprint density at radius 2 is 1.81 bits per heavy atom. The molecule has 4 nitrogen and oxygen atoms in total. The molecule has 0 amide bonds. The Hall–Kier alpha value is -2.27. The number of nitrogens with one attached hydrogen (secondary N) is 1. The molecule has 3 aromatic rings. The van der Waals surface area contributed by atoms with Crippen LogP contribution in [-0.4, -0.2) is 21.8 Å². The summed E-state index contributed by atoms with van der Waals surface area (Å²) < 4.78 is 0.894. The van der Waals surface area contributed by atoms with Crippen molar-refractivity contribution in [1.29, 1.82) is 0 Å². The smallest absolute Gasteiger partial charge is 0.196 e. The monoisotopic (exact) mass is 407 g/mol. The number of hydrogen-bond acceptors (Lipinski definition) is 4. The molecule has 0 spiro atoms. The molecule has 1 aromatic heterocycles. The van der Waals surface area contributed by atoms with Crippen LogP contribution in [0.15, 0.2) is 41.1 Å². The van der Waals surface area contributed by atoms with Gasteiger partial charge in [0.15, 0.2) is 5.78 Å². The third-order valence-corrected chi connectivity index (χ3v) is 6.09. The zero-order chi connectivity index (χ0) is 17.7. The zero-order valence-electron chi connectivity index (χ0n) is 14.3. The lowest BCUT2D eigenvalue weighted by Gasteiger charge is -2.27. The Bertz CT molecular complexity index is 1040. The third kappa shape index (κ3) is 2.37. The van der Waals surface area contributed by atoms with Crippen LogP contribution >= 0.6 is 15.9 Å². The minimum atomic E-state index is 0.0544. The summed E-state index contributed by atoms with van der Waals surface area (Å²) in [4.78, 5) is 22.3. The van der Waals surface area contributed by atoms with Crippen LogP contribution < -0.4 is 5.32 Å². The number of ketones is 1. The summed E-state index contributed by atoms with van der Waals surface area (Å²) in [6.07, 6.45) is 7.67. The van der Waals surface area contributed by atoms with Crippen LogP contribution in [0.3, 0.4) is 0 Å². The second-order valence-electron chi connectivity index (χ2n) is 7.08. The molecule has 5 rings (SSSR count). The Morgan fingerprint density at radius 3 is 2.62 bits per heavy atom. The first-order chi connectivity index (χ1) is 12.7. The number of nitrogens with zero attached hydrogens (tertiary/aromatic N) is 2. The molecule has 1 N–H and O–H groups in total. The number of carbonyl (C=O) groups excluding carboxylic acids is 1. The minimum absolute atomic E-state index is 0.0544. The predicted molar refractivity (Wildman–Crippen MR) is 107 cm³/mol. The Kier molecular flexibility index (Phi) is 3.78. The highest BCUT2D eigenvalue weighted by Gasteiger charge is 2.30. The van der Waals surface area contributed by atoms with E-state index in [1.165, 1.54) is 19.3 Å². The van der Waals surface area contributed by atoms with E-state index in [-0.39, 0.29) is 5.78 Å². The van der Waals surface area contributed by atoms with Gasteiger partial charge in [-0.3, -0.25) is 4.79 Å². The highest BCUT2D eigenvalue weighted by atomic mass is 79.9. The van der Waals surface area contributed by atoms with E-state index in [0.717, 1.165) is 45.2 Å². The SMILES string of the molecule is O=C1c2ccccc2-c2ncnc3c(Br)cc(NC4CCCCC4)c1c23. The van der Waals surface area contributed by atoms with Crippen LogP contribution in [0.5, 0.6) is 0 Å². The van der Waals surface area contributed by atoms with Gasteiger partial charge in [0.05, 0.1) is 16.8 Å². The maximum atomic E-state index is 13.4. The van der Waals surface area contributed by atoms with Crippen LogP contribution in [0.1, 0.15) is 48.0 Å². The van der Waals surface area contributed by atoms with Crippen molar-refractivity contribution in [2.45, 2.75) is 38.1 Å². The van der Waals surface area contributed by atoms with E-state index < -0.39 is 0 Å². The lowest BCUT2D eigenvalue weighted by Crippen LogP contribution is -2.24. The second-order valence-corrected chi connectivity index (χ2v) is 7.94. The fourth-order valence-electron chi connectivity index (χ4n) is 4.25. The van der Waals surface area contributed by atoms with Crippen molar-refractivity contribution in [1.82, 2.24) is 9.97 Å². The van der Waals surface area contributed by atoms with Crippen LogP contribution in [0.25, 0.3) is 22.2 Å². The number of fused-ring (bicyclic) bond motifs is 2. The topological polar surface area (TPSA) is 54.9 Å². The predicted octanol–water partition coefficient (Wildman–Crippen LogP) is 5.35. The first kappa shape index (κ1) is 15.9. The highest BCUT2D eigenvalue weighted by Crippen LogP contribution is 2.43. The average molecular weight is 408 g/mol. The van der Waals surface area contributed by atoms with Gasteiger partial charge in [-0.05, 0) is 34.8 Å². The minimum Gasteiger partial charge on any atom is -0.382 e. The first-order valence-electron chi connectivity index (χ1n) is 9.12. The molecule has 1 heterocycles. The maximum Gasteiger partial charge on any atom is 0.196 e. The van der Waals surface area contributed by atoms with E-state index in [1.54, 1.807) is 6.33 Å². The fourth-order valence-corrected chi connectivity index (χ4v) is 4.78. The van der Waals surface area contributed by atoms with E-state index in [4.69, 9.17) is 0 Å². The van der Waals surface area contributed by atoms with Crippen LogP contribution in [0.2, 0.25) is 0 Å². The van der Waals surface area contributed by atoms with Crippen molar-refractivity contribution in [3.05, 3.63) is 52.3 Å². The molecule has 2 aliphatic rings. The van der Waals surface area contributed by atoms with Gasteiger partial charge < -0.3 is 5.32 Å². The number of halogens is 1. The van der Waals surface area contributed by atoms with Gasteiger partial charge in [-0.1, -0.05) is 43.5 Å². The van der Waals surface area contributed by atoms with Crippen LogP contribution in [0.4, 0.5) is 5.69 Å². The molecule has 130 valence electrons. The summed E-state index contributed by atoms with van der Waals surface area (Å²) in [7, 11) is 0. The number of anilines is 1. The fraction of sp³-hybridized carbons (Fsp3) is 0.286. The summed E-state index contributed by atoms with van der Waals surface area (Å²) in [6, 6.07) is 10.1. The Labute approximate surface area is 160 Å². The molecule has 0 atom stereocenters. The molecule has 26 heavy (non-hydrogen) atoms. The van der Waals surface area contributed by atoms with Gasteiger partial charge in [0.2, 0.25) is 0 Å². The summed E-state index contributed by atoms with van der Waals surface area (Å²) >= 11 is 3.65. The molecule has 1 saturated carbocycles. The van der Waals surface area contributed by atoms with E-state index in [2.05, 4.69) is 31.2 Å². The van der Waals surface area contributed by atoms with Crippen molar-refractivity contribution < 1.29 is 4.79 Å². The second kappa shape index (κ2) is 6.16. The summed E-state index contributed by atoms with van der Waals surface area (Å²) in [5, 5.41) is 4.50.